The number of carbonyl (C=O) groups excluding carboxylic acids is 3. The normalized spacial score (nSPS) is 17.0. The molecule has 0 saturated heterocycles. The van der Waals surface area contributed by atoms with Crippen molar-refractivity contribution >= 4 is 17.6 Å². The molecular weight excluding hydrogens is 541 g/mol. The van der Waals surface area contributed by atoms with Crippen LogP contribution in [0.4, 0.5) is 13.2 Å². The number of hydrogen-bond donors (Lipinski definition) is 1. The Kier molecular flexibility index (Phi) is 8.09. The zero-order valence-corrected chi connectivity index (χ0v) is 22.7. The molecule has 8 nitrogen and oxygen atoms in total. The highest BCUT2D eigenvalue weighted by atomic mass is 19.4. The summed E-state index contributed by atoms with van der Waals surface area (Å²) >= 11 is 0. The van der Waals surface area contributed by atoms with E-state index in [1.165, 1.54) is 52.5 Å². The van der Waals surface area contributed by atoms with E-state index in [9.17, 15) is 14.4 Å². The number of allylic oxidation sites excluding steroid dienone is 1. The number of amides is 2. The van der Waals surface area contributed by atoms with Crippen LogP contribution in [-0.4, -0.2) is 55.5 Å². The lowest BCUT2D eigenvalue weighted by atomic mass is 9.84. The fourth-order valence-corrected chi connectivity index (χ4v) is 4.80. The smallest absolute Gasteiger partial charge is 0.425 e. The molecule has 0 bridgehead atoms. The predicted octanol–water partition coefficient (Wildman–Crippen LogP) is 4.94. The molecule has 1 aliphatic heterocycles. The monoisotopic (exact) mass is 568 g/mol. The minimum absolute atomic E-state index is 0.00817. The number of nitrogens with one attached hydrogen (secondary N) is 1. The number of nitrogens with zero attached hydrogens (tertiary/aromatic N) is 1. The standard InChI is InChI=1S/C30H27F3N2O6/c1-18-24(25(36)20-13-9-6-10-14-20)29(30(31,32)33,28(38)35(18)17-19-11-7-5-8-12-19)34-27(37)21-15-22(39-2)26(41-4)23(16-21)40-3/h5-16H,17H2,1-4H3,(H,34,37). The van der Waals surface area contributed by atoms with Crippen LogP contribution >= 0.6 is 0 Å². The number of rotatable bonds is 9. The molecule has 0 radical (unpaired) electrons. The lowest BCUT2D eigenvalue weighted by Gasteiger charge is -2.33. The number of halogens is 3. The molecule has 0 fully saturated rings. The summed E-state index contributed by atoms with van der Waals surface area (Å²) in [6, 6.07) is 17.9. The number of alkyl halides is 3. The van der Waals surface area contributed by atoms with Crippen LogP contribution in [-0.2, 0) is 11.3 Å². The topological polar surface area (TPSA) is 94.2 Å². The maximum absolute atomic E-state index is 15.2. The average Bonchev–Trinajstić information content (AvgIpc) is 3.18. The van der Waals surface area contributed by atoms with E-state index < -0.39 is 34.9 Å². The minimum Gasteiger partial charge on any atom is -0.493 e. The van der Waals surface area contributed by atoms with Gasteiger partial charge in [-0.3, -0.25) is 14.4 Å². The van der Waals surface area contributed by atoms with Crippen molar-refractivity contribution in [2.45, 2.75) is 25.2 Å². The van der Waals surface area contributed by atoms with Crippen molar-refractivity contribution in [3.63, 3.8) is 0 Å². The number of carbonyl (C=O) groups is 3. The quantitative estimate of drug-likeness (QED) is 0.368. The third kappa shape index (κ3) is 5.10. The van der Waals surface area contributed by atoms with E-state index >= 15 is 13.2 Å². The Morgan fingerprint density at radius 3 is 1.88 bits per heavy atom. The summed E-state index contributed by atoms with van der Waals surface area (Å²) in [6.45, 7) is 1.01. The van der Waals surface area contributed by atoms with E-state index in [1.54, 1.807) is 36.4 Å². The van der Waals surface area contributed by atoms with Gasteiger partial charge in [-0.25, -0.2) is 0 Å². The second-order valence-electron chi connectivity index (χ2n) is 9.15. The van der Waals surface area contributed by atoms with E-state index in [4.69, 9.17) is 14.2 Å². The van der Waals surface area contributed by atoms with Crippen molar-refractivity contribution in [2.75, 3.05) is 21.3 Å². The Hall–Kier alpha value is -4.80. The molecule has 3 aromatic carbocycles. The third-order valence-electron chi connectivity index (χ3n) is 6.81. The van der Waals surface area contributed by atoms with E-state index in [1.807, 2.05) is 5.32 Å². The number of methoxy groups -OCH3 is 3. The average molecular weight is 569 g/mol. The molecule has 1 aliphatic rings. The summed E-state index contributed by atoms with van der Waals surface area (Å²) in [7, 11) is 3.88. The van der Waals surface area contributed by atoms with Crippen molar-refractivity contribution in [3.05, 3.63) is 101 Å². The summed E-state index contributed by atoms with van der Waals surface area (Å²) in [5.41, 5.74) is -4.67. The lowest BCUT2D eigenvalue weighted by molar-refractivity contribution is -0.189. The Bertz CT molecular complexity index is 1480. The fraction of sp³-hybridized carbons (Fsp3) is 0.233. The fourth-order valence-electron chi connectivity index (χ4n) is 4.80. The maximum Gasteiger partial charge on any atom is 0.425 e. The summed E-state index contributed by atoms with van der Waals surface area (Å²) in [5, 5.41) is 1.90. The zero-order valence-electron chi connectivity index (χ0n) is 22.7. The van der Waals surface area contributed by atoms with Gasteiger partial charge in [0.25, 0.3) is 11.8 Å². The molecule has 1 atom stereocenters. The third-order valence-corrected chi connectivity index (χ3v) is 6.81. The minimum atomic E-state index is -5.41. The van der Waals surface area contributed by atoms with Crippen LogP contribution in [0.25, 0.3) is 0 Å². The molecule has 3 aromatic rings. The van der Waals surface area contributed by atoms with E-state index in [0.717, 1.165) is 17.0 Å². The molecule has 2 amide bonds. The van der Waals surface area contributed by atoms with Crippen LogP contribution in [0.15, 0.2) is 84.1 Å². The number of hydrogen-bond acceptors (Lipinski definition) is 6. The first-order valence-electron chi connectivity index (χ1n) is 12.4. The molecule has 41 heavy (non-hydrogen) atoms. The van der Waals surface area contributed by atoms with Crippen LogP contribution in [0, 0.1) is 0 Å². The van der Waals surface area contributed by atoms with Gasteiger partial charge in [0.2, 0.25) is 11.3 Å². The van der Waals surface area contributed by atoms with Crippen LogP contribution in [0.1, 0.15) is 33.2 Å². The van der Waals surface area contributed by atoms with Gasteiger partial charge < -0.3 is 24.4 Å². The molecule has 4 rings (SSSR count). The van der Waals surface area contributed by atoms with Gasteiger partial charge in [-0.1, -0.05) is 60.7 Å². The molecule has 0 aromatic heterocycles. The molecule has 1 unspecified atom stereocenters. The van der Waals surface area contributed by atoms with Crippen LogP contribution in [0.5, 0.6) is 17.2 Å². The van der Waals surface area contributed by atoms with Gasteiger partial charge >= 0.3 is 6.18 Å². The van der Waals surface area contributed by atoms with Gasteiger partial charge in [-0.2, -0.15) is 13.2 Å². The van der Waals surface area contributed by atoms with Gasteiger partial charge in [0.15, 0.2) is 17.3 Å². The van der Waals surface area contributed by atoms with E-state index in [-0.39, 0.29) is 40.6 Å². The van der Waals surface area contributed by atoms with Gasteiger partial charge in [-0.15, -0.1) is 0 Å². The van der Waals surface area contributed by atoms with Gasteiger partial charge in [0.05, 0.1) is 33.4 Å². The first kappa shape index (κ1) is 29.2. The second kappa shape index (κ2) is 11.4. The summed E-state index contributed by atoms with van der Waals surface area (Å²) in [6.07, 6.45) is -5.41. The molecule has 1 heterocycles. The first-order chi connectivity index (χ1) is 19.5. The Morgan fingerprint density at radius 2 is 1.39 bits per heavy atom. The predicted molar refractivity (Wildman–Crippen MR) is 143 cm³/mol. The Morgan fingerprint density at radius 1 is 0.854 bits per heavy atom. The highest BCUT2D eigenvalue weighted by Crippen LogP contribution is 2.47. The number of ether oxygens (including phenoxy) is 3. The number of ketones is 1. The number of benzene rings is 3. The summed E-state index contributed by atoms with van der Waals surface area (Å²) in [4.78, 5) is 42.0. The van der Waals surface area contributed by atoms with Crippen molar-refractivity contribution in [2.24, 2.45) is 0 Å². The van der Waals surface area contributed by atoms with Gasteiger partial charge in [-0.05, 0) is 24.6 Å². The molecular formula is C30H27F3N2O6. The van der Waals surface area contributed by atoms with Crippen molar-refractivity contribution < 1.29 is 41.8 Å². The second-order valence-corrected chi connectivity index (χ2v) is 9.15. The van der Waals surface area contributed by atoms with Crippen LogP contribution in [0.3, 0.4) is 0 Å². The molecule has 0 aliphatic carbocycles. The SMILES string of the molecule is COc1cc(C(=O)NC2(C(F)(F)F)C(=O)N(Cc3ccccc3)C(C)=C2C(=O)c2ccccc2)cc(OC)c1OC. The molecule has 0 spiro atoms. The van der Waals surface area contributed by atoms with E-state index in [0.29, 0.717) is 5.56 Å². The number of Topliss-reactive ketones (excluding diaryl/α,β-unsaturated/α-hetero) is 1. The van der Waals surface area contributed by atoms with Crippen molar-refractivity contribution in [1.29, 1.82) is 0 Å². The molecule has 0 saturated carbocycles. The molecule has 1 N–H and O–H groups in total. The lowest BCUT2D eigenvalue weighted by Crippen LogP contribution is -2.66. The summed E-state index contributed by atoms with van der Waals surface area (Å²) in [5.74, 6) is -3.72. The highest BCUT2D eigenvalue weighted by Gasteiger charge is 2.70. The highest BCUT2D eigenvalue weighted by molar-refractivity contribution is 6.19. The molecule has 11 heteroatoms. The van der Waals surface area contributed by atoms with Gasteiger partial charge in [0.1, 0.15) is 0 Å². The largest absolute Gasteiger partial charge is 0.493 e. The first-order valence-corrected chi connectivity index (χ1v) is 12.4. The Balaban J connectivity index is 1.90. The molecule has 214 valence electrons. The van der Waals surface area contributed by atoms with Crippen molar-refractivity contribution in [1.82, 2.24) is 10.2 Å². The zero-order chi connectivity index (χ0) is 29.9. The summed E-state index contributed by atoms with van der Waals surface area (Å²) < 4.78 is 61.4. The maximum atomic E-state index is 15.2. The Labute approximate surface area is 234 Å². The van der Waals surface area contributed by atoms with Gasteiger partial charge in [0, 0.05) is 16.8 Å². The van der Waals surface area contributed by atoms with Crippen LogP contribution in [0.2, 0.25) is 0 Å². The van der Waals surface area contributed by atoms with Crippen LogP contribution < -0.4 is 19.5 Å². The van der Waals surface area contributed by atoms with Crippen molar-refractivity contribution in [3.8, 4) is 17.2 Å². The van der Waals surface area contributed by atoms with E-state index in [2.05, 4.69) is 0 Å².